The van der Waals surface area contributed by atoms with Crippen LogP contribution in [0.25, 0.3) is 0 Å². The van der Waals surface area contributed by atoms with Crippen molar-refractivity contribution in [2.24, 2.45) is 0 Å². The maximum Gasteiger partial charge on any atom is 0.410 e. The molecule has 25 heavy (non-hydrogen) atoms. The average molecular weight is 348 g/mol. The molecular formula is C20H33N3O2. The van der Waals surface area contributed by atoms with Crippen molar-refractivity contribution in [2.75, 3.05) is 31.5 Å². The minimum Gasteiger partial charge on any atom is -0.444 e. The minimum absolute atomic E-state index is 0.201. The van der Waals surface area contributed by atoms with Gasteiger partial charge in [0.25, 0.3) is 0 Å². The summed E-state index contributed by atoms with van der Waals surface area (Å²) in [6.45, 7) is 16.3. The van der Waals surface area contributed by atoms with Gasteiger partial charge < -0.3 is 15.0 Å². The highest BCUT2D eigenvalue weighted by atomic mass is 16.6. The van der Waals surface area contributed by atoms with Crippen LogP contribution in [0, 0.1) is 6.92 Å². The topological polar surface area (TPSA) is 44.8 Å². The number of nitrogens with zero attached hydrogens (tertiary/aromatic N) is 2. The second kappa shape index (κ2) is 8.09. The van der Waals surface area contributed by atoms with Gasteiger partial charge in [-0.05, 0) is 64.8 Å². The van der Waals surface area contributed by atoms with Gasteiger partial charge in [0.2, 0.25) is 0 Å². The summed E-state index contributed by atoms with van der Waals surface area (Å²) in [5.41, 5.74) is 3.39. The maximum absolute atomic E-state index is 12.1. The number of carbonyl (C=O) groups is 1. The largest absolute Gasteiger partial charge is 0.444 e. The fraction of sp³-hybridized carbons (Fsp3) is 0.650. The Kier molecular flexibility index (Phi) is 6.33. The summed E-state index contributed by atoms with van der Waals surface area (Å²) in [5, 5.41) is 3.44. The van der Waals surface area contributed by atoms with Crippen LogP contribution >= 0.6 is 0 Å². The number of ether oxygens (including phenoxy) is 1. The molecule has 0 bridgehead atoms. The SMILES string of the molecule is Cc1cc(NC(C)C)ccc1CN1CCN(C(=O)OC(C)(C)C)CC1. The highest BCUT2D eigenvalue weighted by molar-refractivity contribution is 5.68. The van der Waals surface area contributed by atoms with Gasteiger partial charge in [0.1, 0.15) is 5.60 Å². The van der Waals surface area contributed by atoms with E-state index in [1.807, 2.05) is 25.7 Å². The van der Waals surface area contributed by atoms with Crippen LogP contribution in [-0.4, -0.2) is 53.7 Å². The predicted molar refractivity (Wildman–Crippen MR) is 103 cm³/mol. The third kappa shape index (κ3) is 6.24. The van der Waals surface area contributed by atoms with E-state index in [2.05, 4.69) is 49.2 Å². The Morgan fingerprint density at radius 3 is 2.36 bits per heavy atom. The van der Waals surface area contributed by atoms with E-state index >= 15 is 0 Å². The lowest BCUT2D eigenvalue weighted by atomic mass is 10.1. The van der Waals surface area contributed by atoms with Crippen molar-refractivity contribution in [3.63, 3.8) is 0 Å². The Bertz CT molecular complexity index is 585. The zero-order valence-electron chi connectivity index (χ0n) is 16.6. The molecule has 0 saturated carbocycles. The number of benzene rings is 1. The number of nitrogens with one attached hydrogen (secondary N) is 1. The molecule has 1 N–H and O–H groups in total. The lowest BCUT2D eigenvalue weighted by Gasteiger charge is -2.35. The van der Waals surface area contributed by atoms with Gasteiger partial charge in [-0.25, -0.2) is 4.79 Å². The number of hydrogen-bond donors (Lipinski definition) is 1. The zero-order chi connectivity index (χ0) is 18.6. The van der Waals surface area contributed by atoms with Crippen LogP contribution in [0.2, 0.25) is 0 Å². The first-order chi connectivity index (χ1) is 11.6. The number of carbonyl (C=O) groups excluding carboxylic acids is 1. The fourth-order valence-electron chi connectivity index (χ4n) is 2.95. The minimum atomic E-state index is -0.433. The highest BCUT2D eigenvalue weighted by Gasteiger charge is 2.25. The van der Waals surface area contributed by atoms with E-state index in [4.69, 9.17) is 4.74 Å². The van der Waals surface area contributed by atoms with E-state index in [1.54, 1.807) is 0 Å². The van der Waals surface area contributed by atoms with Crippen LogP contribution in [-0.2, 0) is 11.3 Å². The third-order valence-corrected chi connectivity index (χ3v) is 4.22. The molecule has 0 atom stereocenters. The molecule has 1 fully saturated rings. The molecule has 2 rings (SSSR count). The van der Waals surface area contributed by atoms with E-state index in [9.17, 15) is 4.79 Å². The van der Waals surface area contributed by atoms with Crippen LogP contribution in [0.15, 0.2) is 18.2 Å². The Morgan fingerprint density at radius 1 is 1.20 bits per heavy atom. The lowest BCUT2D eigenvalue weighted by molar-refractivity contribution is 0.0139. The van der Waals surface area contributed by atoms with Gasteiger partial charge in [-0.1, -0.05) is 6.07 Å². The van der Waals surface area contributed by atoms with Crippen molar-refractivity contribution in [2.45, 2.75) is 59.7 Å². The quantitative estimate of drug-likeness (QED) is 0.898. The highest BCUT2D eigenvalue weighted by Crippen LogP contribution is 2.19. The van der Waals surface area contributed by atoms with Crippen molar-refractivity contribution < 1.29 is 9.53 Å². The van der Waals surface area contributed by atoms with E-state index in [-0.39, 0.29) is 6.09 Å². The average Bonchev–Trinajstić information content (AvgIpc) is 2.48. The summed E-state index contributed by atoms with van der Waals surface area (Å²) >= 11 is 0. The standard InChI is InChI=1S/C20H33N3O2/c1-15(2)21-18-8-7-17(16(3)13-18)14-22-9-11-23(12-10-22)19(24)25-20(4,5)6/h7-8,13,15,21H,9-12,14H2,1-6H3. The molecule has 1 aliphatic heterocycles. The second-order valence-electron chi connectivity index (χ2n) is 8.18. The molecule has 0 spiro atoms. The monoisotopic (exact) mass is 347 g/mol. The Balaban J connectivity index is 1.87. The summed E-state index contributed by atoms with van der Waals surface area (Å²) in [4.78, 5) is 16.3. The van der Waals surface area contributed by atoms with Crippen LogP contribution in [0.4, 0.5) is 10.5 Å². The number of piperazine rings is 1. The number of hydrogen-bond acceptors (Lipinski definition) is 4. The molecule has 0 aliphatic carbocycles. The Hall–Kier alpha value is -1.75. The first kappa shape index (κ1) is 19.6. The Morgan fingerprint density at radius 2 is 1.84 bits per heavy atom. The molecule has 1 saturated heterocycles. The third-order valence-electron chi connectivity index (χ3n) is 4.22. The van der Waals surface area contributed by atoms with Crippen LogP contribution in [0.3, 0.4) is 0 Å². The normalized spacial score (nSPS) is 16.2. The molecule has 5 heteroatoms. The van der Waals surface area contributed by atoms with Crippen LogP contribution in [0.5, 0.6) is 0 Å². The molecule has 1 aliphatic rings. The molecule has 1 amide bonds. The van der Waals surface area contributed by atoms with Crippen molar-refractivity contribution in [3.8, 4) is 0 Å². The molecular weight excluding hydrogens is 314 g/mol. The molecule has 1 aromatic rings. The molecule has 140 valence electrons. The summed E-state index contributed by atoms with van der Waals surface area (Å²) in [7, 11) is 0. The molecule has 0 radical (unpaired) electrons. The van der Waals surface area contributed by atoms with E-state index in [0.717, 1.165) is 32.7 Å². The van der Waals surface area contributed by atoms with Gasteiger partial charge in [-0.15, -0.1) is 0 Å². The van der Waals surface area contributed by atoms with Gasteiger partial charge in [-0.2, -0.15) is 0 Å². The maximum atomic E-state index is 12.1. The Labute approximate surface area is 152 Å². The number of rotatable bonds is 4. The van der Waals surface area contributed by atoms with Gasteiger partial charge in [-0.3, -0.25) is 4.90 Å². The van der Waals surface area contributed by atoms with Crippen molar-refractivity contribution in [1.82, 2.24) is 9.80 Å². The van der Waals surface area contributed by atoms with Crippen LogP contribution < -0.4 is 5.32 Å². The van der Waals surface area contributed by atoms with E-state index in [1.165, 1.54) is 16.8 Å². The van der Waals surface area contributed by atoms with Crippen LogP contribution in [0.1, 0.15) is 45.7 Å². The summed E-state index contributed by atoms with van der Waals surface area (Å²) < 4.78 is 5.46. The summed E-state index contributed by atoms with van der Waals surface area (Å²) in [6.07, 6.45) is -0.201. The smallest absolute Gasteiger partial charge is 0.410 e. The molecule has 0 unspecified atom stereocenters. The number of anilines is 1. The summed E-state index contributed by atoms with van der Waals surface area (Å²) in [5.74, 6) is 0. The fourth-order valence-corrected chi connectivity index (χ4v) is 2.95. The lowest BCUT2D eigenvalue weighted by Crippen LogP contribution is -2.49. The molecule has 1 aromatic carbocycles. The van der Waals surface area contributed by atoms with Gasteiger partial charge in [0.05, 0.1) is 0 Å². The first-order valence-electron chi connectivity index (χ1n) is 9.20. The van der Waals surface area contributed by atoms with Crippen molar-refractivity contribution >= 4 is 11.8 Å². The number of amides is 1. The van der Waals surface area contributed by atoms with Gasteiger partial charge in [0.15, 0.2) is 0 Å². The van der Waals surface area contributed by atoms with E-state index < -0.39 is 5.60 Å². The molecule has 0 aromatic heterocycles. The van der Waals surface area contributed by atoms with Crippen molar-refractivity contribution in [1.29, 1.82) is 0 Å². The van der Waals surface area contributed by atoms with E-state index in [0.29, 0.717) is 6.04 Å². The zero-order valence-corrected chi connectivity index (χ0v) is 16.6. The predicted octanol–water partition coefficient (Wildman–Crippen LogP) is 3.87. The van der Waals surface area contributed by atoms with Gasteiger partial charge in [0, 0.05) is 44.5 Å². The van der Waals surface area contributed by atoms with Crippen molar-refractivity contribution in [3.05, 3.63) is 29.3 Å². The molecule has 5 nitrogen and oxygen atoms in total. The van der Waals surface area contributed by atoms with Gasteiger partial charge >= 0.3 is 6.09 Å². The molecule has 1 heterocycles. The summed E-state index contributed by atoms with van der Waals surface area (Å²) in [6, 6.07) is 7.01. The number of aryl methyl sites for hydroxylation is 1. The first-order valence-corrected chi connectivity index (χ1v) is 9.20. The second-order valence-corrected chi connectivity index (χ2v) is 8.18.